The van der Waals surface area contributed by atoms with Crippen LogP contribution in [0.5, 0.6) is 0 Å². The van der Waals surface area contributed by atoms with Crippen molar-refractivity contribution in [2.75, 3.05) is 0 Å². The van der Waals surface area contributed by atoms with E-state index >= 15 is 0 Å². The summed E-state index contributed by atoms with van der Waals surface area (Å²) in [6, 6.07) is 0. The number of carbonyl (C=O) groups excluding carboxylic acids is 1. The fourth-order valence-electron chi connectivity index (χ4n) is 2.88. The molecular formula is C15H27O4+. The minimum atomic E-state index is -0.917. The molecule has 0 spiro atoms. The molecule has 2 atom stereocenters. The summed E-state index contributed by atoms with van der Waals surface area (Å²) in [6.45, 7) is 8.78. The van der Waals surface area contributed by atoms with Gasteiger partial charge >= 0.3 is 11.9 Å². The number of hydrogen-bond donors (Lipinski definition) is 1. The molecule has 4 nitrogen and oxygen atoms in total. The van der Waals surface area contributed by atoms with E-state index in [1.807, 2.05) is 0 Å². The lowest BCUT2D eigenvalue weighted by molar-refractivity contribution is -0.137. The van der Waals surface area contributed by atoms with E-state index in [9.17, 15) is 9.59 Å². The Bertz CT molecular complexity index is 333. The number of hydrogen-bond acceptors (Lipinski definition) is 2. The number of rotatable bonds is 5. The zero-order chi connectivity index (χ0) is 14.6. The van der Waals surface area contributed by atoms with E-state index in [2.05, 4.69) is 27.7 Å². The standard InChI is InChI=1S/C15H26O4/c1-10(2)11-7-8-15(3,4)9-12(11)19-14(18)6-5-13(16)17/h10-12H,5-9H2,1-4H3,(H,16,17)/p+1. The van der Waals surface area contributed by atoms with Gasteiger partial charge in [0.05, 0.1) is 6.42 Å². The van der Waals surface area contributed by atoms with Crippen LogP contribution in [0.1, 0.15) is 59.8 Å². The van der Waals surface area contributed by atoms with Gasteiger partial charge in [0.1, 0.15) is 6.42 Å². The van der Waals surface area contributed by atoms with E-state index in [0.29, 0.717) is 11.8 Å². The Balaban J connectivity index is 2.59. The summed E-state index contributed by atoms with van der Waals surface area (Å²) in [7, 11) is 0. The molecule has 1 fully saturated rings. The van der Waals surface area contributed by atoms with Gasteiger partial charge in [0, 0.05) is 12.3 Å². The van der Waals surface area contributed by atoms with E-state index in [-0.39, 0.29) is 30.3 Å². The van der Waals surface area contributed by atoms with Crippen molar-refractivity contribution in [1.82, 2.24) is 0 Å². The largest absolute Gasteiger partial charge is 0.483 e. The second-order valence-electron chi connectivity index (χ2n) is 6.76. The number of carboxylic acid groups (broad SMARTS) is 1. The number of ether oxygens (including phenoxy) is 1. The van der Waals surface area contributed by atoms with Crippen molar-refractivity contribution in [2.24, 2.45) is 17.3 Å². The average Bonchev–Trinajstić information content (AvgIpc) is 2.24. The second kappa shape index (κ2) is 6.40. The normalized spacial score (nSPS) is 26.2. The third-order valence-corrected chi connectivity index (χ3v) is 4.08. The first-order valence-corrected chi connectivity index (χ1v) is 7.14. The van der Waals surface area contributed by atoms with E-state index in [1.54, 1.807) is 0 Å². The van der Waals surface area contributed by atoms with Crippen molar-refractivity contribution in [2.45, 2.75) is 65.9 Å². The molecule has 110 valence electrons. The minimum absolute atomic E-state index is 0.00227. The lowest BCUT2D eigenvalue weighted by Gasteiger charge is -2.38. The minimum Gasteiger partial charge on any atom is -0.481 e. The molecule has 0 aromatic carbocycles. The third-order valence-electron chi connectivity index (χ3n) is 4.08. The molecule has 0 saturated heterocycles. The number of carboxylic acids is 1. The first-order chi connectivity index (χ1) is 8.71. The summed E-state index contributed by atoms with van der Waals surface area (Å²) in [6.07, 6.45) is 3.17. The zero-order valence-corrected chi connectivity index (χ0v) is 12.5. The molecule has 1 aliphatic carbocycles. The quantitative estimate of drug-likeness (QED) is 0.616. The van der Waals surface area contributed by atoms with Crippen LogP contribution in [0.15, 0.2) is 0 Å². The molecule has 0 bridgehead atoms. The highest BCUT2D eigenvalue weighted by Crippen LogP contribution is 2.42. The Morgan fingerprint density at radius 1 is 1.42 bits per heavy atom. The zero-order valence-electron chi connectivity index (χ0n) is 12.5. The van der Waals surface area contributed by atoms with Crippen LogP contribution in [-0.4, -0.2) is 27.9 Å². The van der Waals surface area contributed by atoms with Gasteiger partial charge in [0.25, 0.3) is 0 Å². The third kappa shape index (κ3) is 5.21. The highest BCUT2D eigenvalue weighted by atomic mass is 16.5. The predicted molar refractivity (Wildman–Crippen MR) is 74.6 cm³/mol. The molecule has 0 radical (unpaired) electrons. The van der Waals surface area contributed by atoms with Crippen molar-refractivity contribution >= 4 is 11.9 Å². The smallest absolute Gasteiger partial charge is 0.481 e. The van der Waals surface area contributed by atoms with Gasteiger partial charge in [-0.25, -0.2) is 0 Å². The van der Waals surface area contributed by atoms with Crippen molar-refractivity contribution in [1.29, 1.82) is 0 Å². The van der Waals surface area contributed by atoms with E-state index in [4.69, 9.17) is 9.84 Å². The topological polar surface area (TPSA) is 67.9 Å². The highest BCUT2D eigenvalue weighted by molar-refractivity contribution is 5.77. The summed E-state index contributed by atoms with van der Waals surface area (Å²) >= 11 is 0. The maximum absolute atomic E-state index is 10.5. The molecular weight excluding hydrogens is 244 g/mol. The Morgan fingerprint density at radius 3 is 2.58 bits per heavy atom. The molecule has 0 heterocycles. The second-order valence-corrected chi connectivity index (χ2v) is 6.76. The van der Waals surface area contributed by atoms with Crippen molar-refractivity contribution in [3.05, 3.63) is 0 Å². The Morgan fingerprint density at radius 2 is 2.05 bits per heavy atom. The van der Waals surface area contributed by atoms with Crippen molar-refractivity contribution in [3.63, 3.8) is 0 Å². The number of aliphatic carboxylic acids is 1. The van der Waals surface area contributed by atoms with E-state index in [0.717, 1.165) is 12.8 Å². The maximum Gasteiger partial charge on any atom is 0.483 e. The molecule has 0 aromatic heterocycles. The Labute approximate surface area is 115 Å². The number of esters is 1. The average molecular weight is 271 g/mol. The predicted octanol–water partition coefficient (Wildman–Crippen LogP) is 3.22. The van der Waals surface area contributed by atoms with Crippen LogP contribution in [-0.2, 0) is 9.53 Å². The SMILES string of the molecule is CC(C)C1CCC(C)(C)CC1OC(=[OH+])CCC(=O)O. The molecule has 1 aliphatic rings. The summed E-state index contributed by atoms with van der Waals surface area (Å²) in [5, 5.41) is 8.61. The lowest BCUT2D eigenvalue weighted by Crippen LogP contribution is -2.39. The summed E-state index contributed by atoms with van der Waals surface area (Å²) in [5.41, 5.74) is 0.225. The molecule has 1 rings (SSSR count). The lowest BCUT2D eigenvalue weighted by atomic mass is 9.68. The molecule has 0 aliphatic heterocycles. The summed E-state index contributed by atoms with van der Waals surface area (Å²) < 4.78 is 5.66. The Hall–Kier alpha value is -1.06. The van der Waals surface area contributed by atoms with Crippen LogP contribution in [0.3, 0.4) is 0 Å². The van der Waals surface area contributed by atoms with Gasteiger partial charge in [0.15, 0.2) is 6.10 Å². The number of carbonyl (C=O) groups is 1. The van der Waals surface area contributed by atoms with Gasteiger partial charge in [-0.15, -0.1) is 0 Å². The van der Waals surface area contributed by atoms with Gasteiger partial charge in [-0.1, -0.05) is 27.7 Å². The monoisotopic (exact) mass is 271 g/mol. The summed E-state index contributed by atoms with van der Waals surface area (Å²) in [4.78, 5) is 20.2. The first-order valence-electron chi connectivity index (χ1n) is 7.14. The maximum atomic E-state index is 10.5. The molecule has 4 heteroatoms. The fourth-order valence-corrected chi connectivity index (χ4v) is 2.88. The summed E-state index contributed by atoms with van der Waals surface area (Å²) in [5.74, 6) is -0.108. The fraction of sp³-hybridized carbons (Fsp3) is 0.867. The molecule has 19 heavy (non-hydrogen) atoms. The van der Waals surface area contributed by atoms with Gasteiger partial charge in [-0.2, -0.15) is 0 Å². The van der Waals surface area contributed by atoms with Crippen LogP contribution in [0.2, 0.25) is 0 Å². The highest BCUT2D eigenvalue weighted by Gasteiger charge is 2.42. The van der Waals surface area contributed by atoms with E-state index < -0.39 is 5.97 Å². The van der Waals surface area contributed by atoms with Crippen molar-refractivity contribution in [3.8, 4) is 0 Å². The first kappa shape index (κ1) is 16.0. The molecule has 0 amide bonds. The van der Waals surface area contributed by atoms with Crippen LogP contribution in [0, 0.1) is 17.3 Å². The molecule has 2 N–H and O–H groups in total. The van der Waals surface area contributed by atoms with Crippen LogP contribution in [0.4, 0.5) is 0 Å². The van der Waals surface area contributed by atoms with Gasteiger partial charge in [-0.3, -0.25) is 4.79 Å². The Kier molecular flexibility index (Phi) is 5.39. The van der Waals surface area contributed by atoms with Crippen molar-refractivity contribution < 1.29 is 19.4 Å². The van der Waals surface area contributed by atoms with Gasteiger partial charge in [-0.05, 0) is 24.2 Å². The molecule has 2 unspecified atom stereocenters. The van der Waals surface area contributed by atoms with Gasteiger partial charge < -0.3 is 14.6 Å². The molecule has 0 aromatic rings. The van der Waals surface area contributed by atoms with Crippen LogP contribution < -0.4 is 0 Å². The molecule has 1 saturated carbocycles. The van der Waals surface area contributed by atoms with Gasteiger partial charge in [0.2, 0.25) is 0 Å². The van der Waals surface area contributed by atoms with Crippen LogP contribution >= 0.6 is 0 Å². The van der Waals surface area contributed by atoms with Crippen LogP contribution in [0.25, 0.3) is 0 Å². The van der Waals surface area contributed by atoms with E-state index in [1.165, 1.54) is 6.42 Å².